The molecule has 2 aromatic carbocycles. The Morgan fingerprint density at radius 1 is 1.00 bits per heavy atom. The molecule has 8 heteroatoms. The molecule has 0 aliphatic heterocycles. The van der Waals surface area contributed by atoms with Gasteiger partial charge in [-0.1, -0.05) is 67.2 Å². The average Bonchev–Trinajstić information content (AvgIpc) is 3.34. The van der Waals surface area contributed by atoms with E-state index in [1.165, 1.54) is 0 Å². The van der Waals surface area contributed by atoms with Gasteiger partial charge in [0, 0.05) is 27.1 Å². The Bertz CT molecular complexity index is 1210. The highest BCUT2D eigenvalue weighted by molar-refractivity contribution is 6.35. The number of hydrogen-bond donors (Lipinski definition) is 0. The van der Waals surface area contributed by atoms with Crippen LogP contribution in [0.2, 0.25) is 15.1 Å². The van der Waals surface area contributed by atoms with E-state index in [1.54, 1.807) is 16.8 Å². The van der Waals surface area contributed by atoms with Crippen molar-refractivity contribution >= 4 is 34.8 Å². The Balaban J connectivity index is 1.89. The van der Waals surface area contributed by atoms with Gasteiger partial charge in [0.1, 0.15) is 0 Å². The quantitative estimate of drug-likeness (QED) is 0.286. The minimum atomic E-state index is 0.190. The fourth-order valence-electron chi connectivity index (χ4n) is 3.56. The molecule has 0 N–H and O–H groups in total. The summed E-state index contributed by atoms with van der Waals surface area (Å²) in [6.45, 7) is 6.19. The van der Waals surface area contributed by atoms with Crippen LogP contribution < -0.4 is 0 Å². The van der Waals surface area contributed by atoms with Crippen LogP contribution in [0.25, 0.3) is 28.5 Å². The fourth-order valence-corrected chi connectivity index (χ4v) is 4.17. The van der Waals surface area contributed by atoms with Gasteiger partial charge < -0.3 is 4.42 Å². The van der Waals surface area contributed by atoms with Gasteiger partial charge in [0.15, 0.2) is 5.69 Å². The topological polar surface area (TPSA) is 56.7 Å². The lowest BCUT2D eigenvalue weighted by atomic mass is 10.1. The summed E-state index contributed by atoms with van der Waals surface area (Å²) in [6, 6.07) is 12.9. The minimum Gasteiger partial charge on any atom is -0.419 e. The van der Waals surface area contributed by atoms with Crippen LogP contribution in [-0.2, 0) is 0 Å². The van der Waals surface area contributed by atoms with E-state index in [0.717, 1.165) is 29.7 Å². The third kappa shape index (κ3) is 4.36. The first kappa shape index (κ1) is 21.9. The maximum absolute atomic E-state index is 6.52. The summed E-state index contributed by atoms with van der Waals surface area (Å²) in [5.74, 6) is 1.19. The van der Waals surface area contributed by atoms with Crippen molar-refractivity contribution in [3.8, 4) is 28.5 Å². The summed E-state index contributed by atoms with van der Waals surface area (Å²) >= 11 is 18.7. The Morgan fingerprint density at radius 2 is 1.71 bits per heavy atom. The molecule has 160 valence electrons. The Morgan fingerprint density at radius 3 is 2.39 bits per heavy atom. The zero-order valence-corrected chi connectivity index (χ0v) is 19.6. The van der Waals surface area contributed by atoms with Crippen LogP contribution in [0.15, 0.2) is 46.9 Å². The van der Waals surface area contributed by atoms with Gasteiger partial charge in [-0.25, -0.2) is 4.68 Å². The van der Waals surface area contributed by atoms with Crippen molar-refractivity contribution in [3.63, 3.8) is 0 Å². The molecule has 0 spiro atoms. The lowest BCUT2D eigenvalue weighted by Crippen LogP contribution is -2.00. The first-order valence-electron chi connectivity index (χ1n) is 10.0. The van der Waals surface area contributed by atoms with Crippen LogP contribution in [0, 0.1) is 6.92 Å². The van der Waals surface area contributed by atoms with Crippen LogP contribution in [0.4, 0.5) is 0 Å². The van der Waals surface area contributed by atoms with Gasteiger partial charge >= 0.3 is 0 Å². The summed E-state index contributed by atoms with van der Waals surface area (Å²) in [7, 11) is 0. The summed E-state index contributed by atoms with van der Waals surface area (Å²) in [5.41, 5.74) is 4.00. The number of nitrogens with zero attached hydrogens (tertiary/aromatic N) is 4. The van der Waals surface area contributed by atoms with Crippen molar-refractivity contribution in [3.05, 3.63) is 69.0 Å². The maximum atomic E-state index is 6.52. The lowest BCUT2D eigenvalue weighted by molar-refractivity contribution is 0.451. The molecule has 5 nitrogen and oxygen atoms in total. The van der Waals surface area contributed by atoms with E-state index < -0.39 is 0 Å². The molecule has 31 heavy (non-hydrogen) atoms. The maximum Gasteiger partial charge on any atom is 0.268 e. The van der Waals surface area contributed by atoms with E-state index in [9.17, 15) is 0 Å². The van der Waals surface area contributed by atoms with E-state index in [-0.39, 0.29) is 5.92 Å². The van der Waals surface area contributed by atoms with Crippen molar-refractivity contribution < 1.29 is 4.42 Å². The van der Waals surface area contributed by atoms with E-state index in [1.807, 2.05) is 37.3 Å². The molecule has 2 aromatic heterocycles. The largest absolute Gasteiger partial charge is 0.419 e. The predicted molar refractivity (Wildman–Crippen MR) is 125 cm³/mol. The Kier molecular flexibility index (Phi) is 6.37. The van der Waals surface area contributed by atoms with Gasteiger partial charge in [-0.05, 0) is 43.7 Å². The molecule has 0 aliphatic rings. The van der Waals surface area contributed by atoms with Crippen LogP contribution in [0.3, 0.4) is 0 Å². The molecule has 0 saturated carbocycles. The Hall–Kier alpha value is -2.34. The number of hydrogen-bond acceptors (Lipinski definition) is 4. The van der Waals surface area contributed by atoms with Gasteiger partial charge in [0.05, 0.1) is 16.4 Å². The number of aromatic nitrogens is 4. The Labute approximate surface area is 196 Å². The molecule has 0 saturated heterocycles. The molecule has 4 aromatic rings. The minimum absolute atomic E-state index is 0.190. The predicted octanol–water partition coefficient (Wildman–Crippen LogP) is 7.76. The average molecular weight is 476 g/mol. The fraction of sp³-hybridized carbons (Fsp3) is 0.261. The second-order valence-corrected chi connectivity index (χ2v) is 8.75. The van der Waals surface area contributed by atoms with Crippen molar-refractivity contribution in [2.24, 2.45) is 0 Å². The highest BCUT2D eigenvalue weighted by Crippen LogP contribution is 2.36. The van der Waals surface area contributed by atoms with Crippen LogP contribution >= 0.6 is 34.8 Å². The monoisotopic (exact) mass is 474 g/mol. The molecular weight excluding hydrogens is 455 g/mol. The van der Waals surface area contributed by atoms with Gasteiger partial charge in [-0.3, -0.25) is 0 Å². The van der Waals surface area contributed by atoms with E-state index in [4.69, 9.17) is 44.3 Å². The number of halogens is 3. The van der Waals surface area contributed by atoms with Gasteiger partial charge in [0.25, 0.3) is 5.89 Å². The third-order valence-corrected chi connectivity index (χ3v) is 5.95. The van der Waals surface area contributed by atoms with Crippen LogP contribution in [-0.4, -0.2) is 20.0 Å². The molecule has 0 bridgehead atoms. The standard InChI is InChI=1S/C23H21Cl3N4O/c1-4-5-13(2)22-27-28-23(31-22)20-14(3)21(15-6-8-16(24)9-7-15)30(29-20)19-11-10-17(25)12-18(19)26/h6-13H,4-5H2,1-3H3. The van der Waals surface area contributed by atoms with Crippen molar-refractivity contribution in [1.82, 2.24) is 20.0 Å². The van der Waals surface area contributed by atoms with E-state index >= 15 is 0 Å². The molecule has 4 rings (SSSR count). The molecule has 2 heterocycles. The second kappa shape index (κ2) is 9.03. The van der Waals surface area contributed by atoms with Gasteiger partial charge in [-0.15, -0.1) is 10.2 Å². The summed E-state index contributed by atoms with van der Waals surface area (Å²) in [6.07, 6.45) is 2.02. The number of benzene rings is 2. The van der Waals surface area contributed by atoms with Crippen molar-refractivity contribution in [1.29, 1.82) is 0 Å². The van der Waals surface area contributed by atoms with Gasteiger partial charge in [-0.2, -0.15) is 5.10 Å². The third-order valence-electron chi connectivity index (χ3n) is 5.16. The summed E-state index contributed by atoms with van der Waals surface area (Å²) in [4.78, 5) is 0. The van der Waals surface area contributed by atoms with E-state index in [0.29, 0.717) is 38.2 Å². The van der Waals surface area contributed by atoms with Crippen LogP contribution in [0.1, 0.15) is 44.1 Å². The van der Waals surface area contributed by atoms with Gasteiger partial charge in [0.2, 0.25) is 5.89 Å². The molecule has 0 fully saturated rings. The normalized spacial score (nSPS) is 12.3. The molecule has 0 amide bonds. The first-order valence-corrected chi connectivity index (χ1v) is 11.2. The first-order chi connectivity index (χ1) is 14.9. The molecule has 0 aliphatic carbocycles. The molecule has 0 radical (unpaired) electrons. The molecule has 1 unspecified atom stereocenters. The summed E-state index contributed by atoms with van der Waals surface area (Å²) in [5, 5.41) is 15.0. The van der Waals surface area contributed by atoms with Crippen LogP contribution in [0.5, 0.6) is 0 Å². The lowest BCUT2D eigenvalue weighted by Gasteiger charge is -2.11. The molecular formula is C23H21Cl3N4O. The second-order valence-electron chi connectivity index (χ2n) is 7.47. The SMILES string of the molecule is CCCC(C)c1nnc(-c2nn(-c3ccc(Cl)cc3Cl)c(-c3ccc(Cl)cc3)c2C)o1. The smallest absolute Gasteiger partial charge is 0.268 e. The van der Waals surface area contributed by atoms with E-state index in [2.05, 4.69) is 24.0 Å². The van der Waals surface area contributed by atoms with Crippen molar-refractivity contribution in [2.75, 3.05) is 0 Å². The highest BCUT2D eigenvalue weighted by atomic mass is 35.5. The summed E-state index contributed by atoms with van der Waals surface area (Å²) < 4.78 is 7.78. The number of rotatable bonds is 6. The zero-order valence-electron chi connectivity index (χ0n) is 17.4. The highest BCUT2D eigenvalue weighted by Gasteiger charge is 2.24. The zero-order chi connectivity index (χ0) is 22.1. The van der Waals surface area contributed by atoms with Crippen molar-refractivity contribution in [2.45, 2.75) is 39.5 Å². The molecule has 1 atom stereocenters.